The van der Waals surface area contributed by atoms with Crippen molar-refractivity contribution in [3.05, 3.63) is 23.7 Å². The van der Waals surface area contributed by atoms with Gasteiger partial charge in [-0.2, -0.15) is 11.8 Å². The fourth-order valence-corrected chi connectivity index (χ4v) is 3.20. The Morgan fingerprint density at radius 1 is 1.61 bits per heavy atom. The Kier molecular flexibility index (Phi) is 4.35. The molecule has 1 aliphatic rings. The van der Waals surface area contributed by atoms with E-state index in [1.54, 1.807) is 6.07 Å². The number of esters is 1. The summed E-state index contributed by atoms with van der Waals surface area (Å²) in [5.41, 5.74) is 0. The molecular weight excluding hydrogens is 250 g/mol. The van der Waals surface area contributed by atoms with Crippen LogP contribution in [0.4, 0.5) is 0 Å². The quantitative estimate of drug-likeness (QED) is 0.789. The van der Waals surface area contributed by atoms with E-state index in [4.69, 9.17) is 4.42 Å². The van der Waals surface area contributed by atoms with Gasteiger partial charge in [0.1, 0.15) is 5.76 Å². The first kappa shape index (κ1) is 13.5. The smallest absolute Gasteiger partial charge is 0.373 e. The number of nitrogens with zero attached hydrogens (tertiary/aromatic N) is 1. The topological polar surface area (TPSA) is 42.7 Å². The highest BCUT2D eigenvalue weighted by Gasteiger charge is 2.25. The molecule has 2 atom stereocenters. The van der Waals surface area contributed by atoms with Gasteiger partial charge in [-0.3, -0.25) is 4.90 Å². The monoisotopic (exact) mass is 269 g/mol. The van der Waals surface area contributed by atoms with Crippen molar-refractivity contribution in [1.29, 1.82) is 0 Å². The molecule has 1 fully saturated rings. The first-order valence-corrected chi connectivity index (χ1v) is 7.20. The lowest BCUT2D eigenvalue weighted by atomic mass is 10.2. The molecule has 18 heavy (non-hydrogen) atoms. The first-order chi connectivity index (χ1) is 8.61. The molecule has 0 aromatic carbocycles. The predicted octanol–water partition coefficient (Wildman–Crippen LogP) is 2.56. The van der Waals surface area contributed by atoms with E-state index < -0.39 is 5.97 Å². The van der Waals surface area contributed by atoms with Crippen molar-refractivity contribution in [2.24, 2.45) is 0 Å². The second-order valence-electron chi connectivity index (χ2n) is 4.55. The Labute approximate surface area is 112 Å². The second-order valence-corrected chi connectivity index (χ2v) is 6.09. The van der Waals surface area contributed by atoms with Crippen molar-refractivity contribution in [2.75, 3.05) is 26.0 Å². The summed E-state index contributed by atoms with van der Waals surface area (Å²) in [6.45, 7) is 6.47. The maximum atomic E-state index is 11.3. The number of hydrogen-bond acceptors (Lipinski definition) is 5. The molecule has 0 N–H and O–H groups in total. The van der Waals surface area contributed by atoms with Gasteiger partial charge in [-0.25, -0.2) is 4.79 Å². The highest BCUT2D eigenvalue weighted by Crippen LogP contribution is 2.28. The Balaban J connectivity index is 2.06. The minimum absolute atomic E-state index is 0.201. The number of carbonyl (C=O) groups excluding carboxylic acids is 1. The summed E-state index contributed by atoms with van der Waals surface area (Å²) in [6.07, 6.45) is 0. The summed E-state index contributed by atoms with van der Waals surface area (Å²) >= 11 is 2.00. The van der Waals surface area contributed by atoms with Crippen LogP contribution < -0.4 is 0 Å². The van der Waals surface area contributed by atoms with Crippen LogP contribution in [0.2, 0.25) is 0 Å². The van der Waals surface area contributed by atoms with Gasteiger partial charge in [0.25, 0.3) is 0 Å². The van der Waals surface area contributed by atoms with Gasteiger partial charge in [0, 0.05) is 24.1 Å². The molecule has 1 aromatic rings. The van der Waals surface area contributed by atoms with Gasteiger partial charge < -0.3 is 9.15 Å². The third-order valence-electron chi connectivity index (χ3n) is 3.25. The van der Waals surface area contributed by atoms with Crippen molar-refractivity contribution < 1.29 is 13.9 Å². The van der Waals surface area contributed by atoms with E-state index in [0.717, 1.165) is 24.6 Å². The summed E-state index contributed by atoms with van der Waals surface area (Å²) in [5, 5.41) is 0.649. The van der Waals surface area contributed by atoms with Crippen LogP contribution in [0, 0.1) is 0 Å². The number of furan rings is 1. The molecule has 1 aliphatic heterocycles. The fraction of sp³-hybridized carbons (Fsp3) is 0.615. The van der Waals surface area contributed by atoms with Crippen LogP contribution in [0.15, 0.2) is 16.5 Å². The van der Waals surface area contributed by atoms with E-state index in [1.165, 1.54) is 7.11 Å². The summed E-state index contributed by atoms with van der Waals surface area (Å²) in [5.74, 6) is 1.83. The van der Waals surface area contributed by atoms with Crippen molar-refractivity contribution in [3.8, 4) is 0 Å². The van der Waals surface area contributed by atoms with Crippen molar-refractivity contribution in [3.63, 3.8) is 0 Å². The van der Waals surface area contributed by atoms with Crippen LogP contribution in [-0.4, -0.2) is 42.1 Å². The third kappa shape index (κ3) is 2.90. The standard InChI is InChI=1S/C13H19NO3S/c1-9-8-14(6-7-18-9)10(2)11-4-5-12(17-11)13(15)16-3/h4-5,9-10H,6-8H2,1-3H3. The second kappa shape index (κ2) is 5.80. The average Bonchev–Trinajstić information content (AvgIpc) is 2.86. The molecule has 1 aromatic heterocycles. The van der Waals surface area contributed by atoms with Crippen LogP contribution in [0.25, 0.3) is 0 Å². The number of thioether (sulfide) groups is 1. The summed E-state index contributed by atoms with van der Waals surface area (Å²) in [4.78, 5) is 13.7. The lowest BCUT2D eigenvalue weighted by molar-refractivity contribution is 0.0559. The van der Waals surface area contributed by atoms with Gasteiger partial charge in [-0.1, -0.05) is 6.92 Å². The molecule has 0 aliphatic carbocycles. The normalized spacial score (nSPS) is 22.7. The molecule has 0 spiro atoms. The molecule has 0 radical (unpaired) electrons. The minimum atomic E-state index is -0.420. The number of rotatable bonds is 3. The SMILES string of the molecule is COC(=O)c1ccc(C(C)N2CCSC(C)C2)o1. The molecule has 2 unspecified atom stereocenters. The van der Waals surface area contributed by atoms with Gasteiger partial charge >= 0.3 is 5.97 Å². The number of carbonyl (C=O) groups is 1. The van der Waals surface area contributed by atoms with Crippen LogP contribution in [0.5, 0.6) is 0 Å². The molecule has 1 saturated heterocycles. The first-order valence-electron chi connectivity index (χ1n) is 6.15. The Morgan fingerprint density at radius 2 is 2.39 bits per heavy atom. The largest absolute Gasteiger partial charge is 0.463 e. The summed E-state index contributed by atoms with van der Waals surface area (Å²) in [7, 11) is 1.36. The predicted molar refractivity (Wildman–Crippen MR) is 72.0 cm³/mol. The molecule has 0 bridgehead atoms. The van der Waals surface area contributed by atoms with E-state index in [-0.39, 0.29) is 11.8 Å². The highest BCUT2D eigenvalue weighted by molar-refractivity contribution is 7.99. The van der Waals surface area contributed by atoms with Crippen LogP contribution >= 0.6 is 11.8 Å². The molecular formula is C13H19NO3S. The van der Waals surface area contributed by atoms with Crippen LogP contribution in [0.3, 0.4) is 0 Å². The van der Waals surface area contributed by atoms with Gasteiger partial charge in [-0.15, -0.1) is 0 Å². The number of methoxy groups -OCH3 is 1. The van der Waals surface area contributed by atoms with Gasteiger partial charge in [0.05, 0.1) is 13.2 Å². The van der Waals surface area contributed by atoms with E-state index in [9.17, 15) is 4.79 Å². The molecule has 0 saturated carbocycles. The van der Waals surface area contributed by atoms with Crippen molar-refractivity contribution >= 4 is 17.7 Å². The lowest BCUT2D eigenvalue weighted by Crippen LogP contribution is -2.38. The van der Waals surface area contributed by atoms with E-state index >= 15 is 0 Å². The van der Waals surface area contributed by atoms with Crippen LogP contribution in [0.1, 0.15) is 36.2 Å². The third-order valence-corrected chi connectivity index (χ3v) is 4.38. The number of hydrogen-bond donors (Lipinski definition) is 0. The molecule has 4 nitrogen and oxygen atoms in total. The summed E-state index contributed by atoms with van der Waals surface area (Å²) in [6, 6.07) is 3.75. The van der Waals surface area contributed by atoms with Gasteiger partial charge in [0.15, 0.2) is 0 Å². The zero-order chi connectivity index (χ0) is 13.1. The minimum Gasteiger partial charge on any atom is -0.463 e. The van der Waals surface area contributed by atoms with Gasteiger partial charge in [0.2, 0.25) is 5.76 Å². The van der Waals surface area contributed by atoms with E-state index in [1.807, 2.05) is 17.8 Å². The van der Waals surface area contributed by atoms with Crippen molar-refractivity contribution in [2.45, 2.75) is 25.1 Å². The van der Waals surface area contributed by atoms with E-state index in [2.05, 4.69) is 23.5 Å². The van der Waals surface area contributed by atoms with E-state index in [0.29, 0.717) is 5.25 Å². The zero-order valence-corrected chi connectivity index (χ0v) is 11.8. The maximum absolute atomic E-state index is 11.3. The average molecular weight is 269 g/mol. The molecule has 2 heterocycles. The molecule has 2 rings (SSSR count). The summed E-state index contributed by atoms with van der Waals surface area (Å²) < 4.78 is 10.2. The Hall–Kier alpha value is -0.940. The lowest BCUT2D eigenvalue weighted by Gasteiger charge is -2.34. The zero-order valence-electron chi connectivity index (χ0n) is 11.0. The Bertz CT molecular complexity index is 418. The van der Waals surface area contributed by atoms with Gasteiger partial charge in [-0.05, 0) is 19.1 Å². The van der Waals surface area contributed by atoms with Crippen LogP contribution in [-0.2, 0) is 4.74 Å². The molecule has 5 heteroatoms. The molecule has 100 valence electrons. The van der Waals surface area contributed by atoms with Crippen molar-refractivity contribution in [1.82, 2.24) is 4.90 Å². The fourth-order valence-electron chi connectivity index (χ4n) is 2.16. The number of ether oxygens (including phenoxy) is 1. The molecule has 0 amide bonds. The highest BCUT2D eigenvalue weighted by atomic mass is 32.2. The maximum Gasteiger partial charge on any atom is 0.373 e. The Morgan fingerprint density at radius 3 is 3.06 bits per heavy atom.